The van der Waals surface area contributed by atoms with Crippen molar-refractivity contribution in [1.82, 2.24) is 41.9 Å². The number of H-pyrrole nitrogens is 1. The molecule has 1 heterocycles. The molecule has 2 aromatic carbocycles. The van der Waals surface area contributed by atoms with Crippen LogP contribution in [-0.2, 0) is 57.6 Å². The number of amides is 6. The lowest BCUT2D eigenvalue weighted by Gasteiger charge is -2.27. The van der Waals surface area contributed by atoms with Crippen molar-refractivity contribution in [2.24, 2.45) is 5.73 Å². The molecule has 0 saturated carbocycles. The number of phenols is 2. The van der Waals surface area contributed by atoms with Crippen LogP contribution in [0.5, 0.6) is 11.5 Å². The van der Waals surface area contributed by atoms with E-state index in [1.165, 1.54) is 61.1 Å². The summed E-state index contributed by atoms with van der Waals surface area (Å²) < 4.78 is 0. The van der Waals surface area contributed by atoms with Crippen LogP contribution >= 0.6 is 0 Å². The van der Waals surface area contributed by atoms with Crippen LogP contribution in [-0.4, -0.2) is 155 Å². The van der Waals surface area contributed by atoms with E-state index in [1.807, 2.05) is 0 Å². The molecular formula is C39H51N9O15. The van der Waals surface area contributed by atoms with Crippen LogP contribution in [0.15, 0.2) is 61.1 Å². The number of phenolic OH excluding ortho intramolecular Hbond substituents is 2. The average molecular weight is 886 g/mol. The lowest BCUT2D eigenvalue weighted by atomic mass is 10.0. The molecule has 0 fully saturated rings. The minimum Gasteiger partial charge on any atom is -0.508 e. The third-order valence-electron chi connectivity index (χ3n) is 9.30. The number of aromatic amines is 1. The second kappa shape index (κ2) is 24.3. The fraction of sp³-hybridized carbons (Fsp3) is 0.410. The van der Waals surface area contributed by atoms with E-state index in [1.54, 1.807) is 0 Å². The first-order valence-corrected chi connectivity index (χ1v) is 19.3. The van der Waals surface area contributed by atoms with E-state index in [2.05, 4.69) is 41.9 Å². The van der Waals surface area contributed by atoms with Gasteiger partial charge >= 0.3 is 11.9 Å². The molecule has 63 heavy (non-hydrogen) atoms. The Hall–Kier alpha value is -7.15. The molecule has 0 aliphatic carbocycles. The van der Waals surface area contributed by atoms with Crippen molar-refractivity contribution < 1.29 is 74.1 Å². The number of hydrogen-bond acceptors (Lipinski definition) is 15. The predicted molar refractivity (Wildman–Crippen MR) is 216 cm³/mol. The fourth-order valence-electron chi connectivity index (χ4n) is 5.81. The number of nitrogens with one attached hydrogen (secondary N) is 7. The highest BCUT2D eigenvalue weighted by atomic mass is 16.4. The van der Waals surface area contributed by atoms with E-state index in [0.29, 0.717) is 16.8 Å². The lowest BCUT2D eigenvalue weighted by molar-refractivity contribution is -0.143. The highest BCUT2D eigenvalue weighted by Gasteiger charge is 2.35. The first kappa shape index (κ1) is 50.2. The Kier molecular flexibility index (Phi) is 19.4. The summed E-state index contributed by atoms with van der Waals surface area (Å²) in [6.45, 7) is -0.948. The number of carbonyl (C=O) groups excluding carboxylic acids is 6. The summed E-state index contributed by atoms with van der Waals surface area (Å²) >= 11 is 0. The second-order valence-electron chi connectivity index (χ2n) is 14.3. The molecule has 0 bridgehead atoms. The van der Waals surface area contributed by atoms with Gasteiger partial charge < -0.3 is 78.4 Å². The summed E-state index contributed by atoms with van der Waals surface area (Å²) in [5.41, 5.74) is 7.21. The number of aromatic hydroxyl groups is 2. The van der Waals surface area contributed by atoms with Gasteiger partial charge in [-0.3, -0.25) is 33.6 Å². The molecule has 3 aromatic rings. The summed E-state index contributed by atoms with van der Waals surface area (Å²) in [6, 6.07) is -0.318. The van der Waals surface area contributed by atoms with E-state index in [4.69, 9.17) is 5.73 Å². The number of benzene rings is 2. The Morgan fingerprint density at radius 3 is 1.56 bits per heavy atom. The van der Waals surface area contributed by atoms with Crippen LogP contribution in [0.1, 0.15) is 36.6 Å². The van der Waals surface area contributed by atoms with Crippen LogP contribution in [0.2, 0.25) is 0 Å². The van der Waals surface area contributed by atoms with Crippen molar-refractivity contribution in [1.29, 1.82) is 0 Å². The average Bonchev–Trinajstić information content (AvgIpc) is 3.76. The van der Waals surface area contributed by atoms with Crippen molar-refractivity contribution in [2.75, 3.05) is 13.2 Å². The topological polar surface area (TPSA) is 405 Å². The number of carboxylic acids is 2. The van der Waals surface area contributed by atoms with Gasteiger partial charge in [0, 0.05) is 31.2 Å². The third-order valence-corrected chi connectivity index (χ3v) is 9.30. The van der Waals surface area contributed by atoms with E-state index in [9.17, 15) is 74.1 Å². The molecule has 6 amide bonds. The number of hydrogen-bond donors (Lipinski definition) is 15. The Bertz CT molecular complexity index is 2030. The molecule has 0 aliphatic heterocycles. The zero-order chi connectivity index (χ0) is 46.8. The number of carboxylic acid groups (broad SMARTS) is 2. The Morgan fingerprint density at radius 1 is 0.619 bits per heavy atom. The minimum atomic E-state index is -1.85. The van der Waals surface area contributed by atoms with Gasteiger partial charge in [-0.1, -0.05) is 24.3 Å². The van der Waals surface area contributed by atoms with Crippen molar-refractivity contribution in [3.63, 3.8) is 0 Å². The smallest absolute Gasteiger partial charge is 0.328 e. The number of imidazole rings is 1. The molecule has 8 atom stereocenters. The number of aliphatic hydroxyl groups excluding tert-OH is 3. The van der Waals surface area contributed by atoms with Gasteiger partial charge in [-0.05, 0) is 55.2 Å². The second-order valence-corrected chi connectivity index (χ2v) is 14.3. The maximum Gasteiger partial charge on any atom is 0.328 e. The van der Waals surface area contributed by atoms with Gasteiger partial charge in [0.1, 0.15) is 47.8 Å². The Morgan fingerprint density at radius 2 is 1.08 bits per heavy atom. The highest BCUT2D eigenvalue weighted by Crippen LogP contribution is 2.14. The summed E-state index contributed by atoms with van der Waals surface area (Å²) in [4.78, 5) is 110. The molecule has 24 heteroatoms. The maximum atomic E-state index is 13.9. The monoisotopic (exact) mass is 885 g/mol. The predicted octanol–water partition coefficient (Wildman–Crippen LogP) is -4.60. The van der Waals surface area contributed by atoms with Crippen LogP contribution in [0.25, 0.3) is 0 Å². The van der Waals surface area contributed by atoms with Crippen LogP contribution in [0.4, 0.5) is 0 Å². The molecular weight excluding hydrogens is 834 g/mol. The fourth-order valence-corrected chi connectivity index (χ4v) is 5.81. The maximum absolute atomic E-state index is 13.9. The number of aromatic nitrogens is 2. The van der Waals surface area contributed by atoms with Gasteiger partial charge in [0.25, 0.3) is 0 Å². The van der Waals surface area contributed by atoms with Gasteiger partial charge in [-0.25, -0.2) is 9.78 Å². The highest BCUT2D eigenvalue weighted by molar-refractivity contribution is 5.97. The molecule has 0 spiro atoms. The van der Waals surface area contributed by atoms with Crippen molar-refractivity contribution in [2.45, 2.75) is 87.4 Å². The molecule has 0 radical (unpaired) electrons. The largest absolute Gasteiger partial charge is 0.508 e. The summed E-state index contributed by atoms with van der Waals surface area (Å²) in [5.74, 6) is -9.66. The van der Waals surface area contributed by atoms with Gasteiger partial charge in [0.05, 0.1) is 31.7 Å². The lowest BCUT2D eigenvalue weighted by Crippen LogP contribution is -2.62. The van der Waals surface area contributed by atoms with Crippen molar-refractivity contribution in [3.05, 3.63) is 77.9 Å². The number of rotatable bonds is 25. The zero-order valence-corrected chi connectivity index (χ0v) is 33.8. The first-order valence-electron chi connectivity index (χ1n) is 19.3. The minimum absolute atomic E-state index is 0.0227. The standard InChI is InChI=1S/C39H51N9O15/c1-19(51)32(48-33(56)25(40)12-20-2-6-23(52)7-3-20)38(61)46-29(16-49)37(60)43-26(10-11-31(54)55)34(57)44-27(13-21-4-8-24(53)9-5-21)35(58)45-28(14-22-15-41-18-42-22)36(59)47-30(17-50)39(62)63/h2-9,15,18-19,25-30,32,49-53H,10-14,16-17,40H2,1H3,(H,41,42)(H,43,60)(H,44,57)(H,45,58)(H,46,61)(H,47,59)(H,48,56)(H,54,55)(H,62,63)/t19-,25+,26+,27+,28+,29+,30+,32+/m1/s1. The Labute approximate surface area is 358 Å². The first-order chi connectivity index (χ1) is 29.8. The van der Waals surface area contributed by atoms with Gasteiger partial charge in [0.15, 0.2) is 0 Å². The molecule has 0 aliphatic rings. The van der Waals surface area contributed by atoms with E-state index in [0.717, 1.165) is 6.92 Å². The molecule has 342 valence electrons. The number of nitrogens with zero attached hydrogens (tertiary/aromatic N) is 1. The van der Waals surface area contributed by atoms with Crippen molar-refractivity contribution >= 4 is 47.4 Å². The molecule has 0 saturated heterocycles. The zero-order valence-electron chi connectivity index (χ0n) is 33.8. The van der Waals surface area contributed by atoms with E-state index < -0.39 is 122 Å². The molecule has 0 unspecified atom stereocenters. The Balaban J connectivity index is 1.83. The van der Waals surface area contributed by atoms with Crippen LogP contribution < -0.4 is 37.6 Å². The third kappa shape index (κ3) is 16.3. The van der Waals surface area contributed by atoms with Crippen LogP contribution in [0.3, 0.4) is 0 Å². The normalized spacial score (nSPS) is 14.8. The molecule has 3 rings (SSSR count). The van der Waals surface area contributed by atoms with Crippen molar-refractivity contribution in [3.8, 4) is 11.5 Å². The van der Waals surface area contributed by atoms with E-state index >= 15 is 0 Å². The summed E-state index contributed by atoms with van der Waals surface area (Å²) in [6.07, 6.45) is -0.935. The molecule has 24 nitrogen and oxygen atoms in total. The SMILES string of the molecule is C[C@@H](O)[C@H](NC(=O)[C@@H](N)Cc1ccc(O)cc1)C(=O)N[C@@H](CO)C(=O)N[C@@H](CCC(=O)O)C(=O)N[C@@H](Cc1ccc(O)cc1)C(=O)N[C@@H](Cc1cnc[nH]1)C(=O)N[C@@H](CO)C(=O)O. The quantitative estimate of drug-likeness (QED) is 0.0381. The van der Waals surface area contributed by atoms with Gasteiger partial charge in [0.2, 0.25) is 35.4 Å². The molecule has 16 N–H and O–H groups in total. The number of aliphatic hydroxyl groups is 3. The number of aliphatic carboxylic acids is 2. The van der Waals surface area contributed by atoms with Gasteiger partial charge in [-0.15, -0.1) is 0 Å². The van der Waals surface area contributed by atoms with Gasteiger partial charge in [-0.2, -0.15) is 0 Å². The summed E-state index contributed by atoms with van der Waals surface area (Å²) in [7, 11) is 0. The van der Waals surface area contributed by atoms with E-state index in [-0.39, 0.29) is 30.8 Å². The molecule has 1 aromatic heterocycles. The number of carbonyl (C=O) groups is 8. The number of nitrogens with two attached hydrogens (primary N) is 1. The summed E-state index contributed by atoms with van der Waals surface area (Å²) in [5, 5.41) is 81.6. The van der Waals surface area contributed by atoms with Crippen LogP contribution in [0, 0.1) is 0 Å².